The predicted molar refractivity (Wildman–Crippen MR) is 70.5 cm³/mol. The number of hydrogen-bond donors (Lipinski definition) is 1. The summed E-state index contributed by atoms with van der Waals surface area (Å²) in [5, 5.41) is 0. The first-order valence-electron chi connectivity index (χ1n) is 5.61. The molecule has 0 aliphatic heterocycles. The Bertz CT molecular complexity index is 743. The van der Waals surface area contributed by atoms with E-state index in [1.54, 1.807) is 6.07 Å². The van der Waals surface area contributed by atoms with Crippen LogP contribution in [0.4, 0.5) is 0 Å². The largest absolute Gasteiger partial charge is 0.453 e. The lowest BCUT2D eigenvalue weighted by atomic mass is 10.2. The van der Waals surface area contributed by atoms with E-state index in [-0.39, 0.29) is 10.7 Å². The van der Waals surface area contributed by atoms with E-state index in [0.29, 0.717) is 17.6 Å². The molecule has 1 N–H and O–H groups in total. The monoisotopic (exact) mass is 293 g/mol. The average Bonchev–Trinajstić information content (AvgIpc) is 2.86. The van der Waals surface area contributed by atoms with Gasteiger partial charge in [0, 0.05) is 12.5 Å². The number of carbonyl (C=O) groups excluding carboxylic acids is 2. The molecule has 0 bridgehead atoms. The molecular formula is C13H11NO5S. The van der Waals surface area contributed by atoms with Gasteiger partial charge in [0.05, 0.1) is 4.90 Å². The van der Waals surface area contributed by atoms with Gasteiger partial charge in [-0.25, -0.2) is 13.1 Å². The number of furan rings is 1. The maximum atomic E-state index is 11.7. The molecule has 0 unspecified atom stereocenters. The molecule has 20 heavy (non-hydrogen) atoms. The average molecular weight is 293 g/mol. The Hall–Kier alpha value is -2.41. The highest BCUT2D eigenvalue weighted by molar-refractivity contribution is 7.90. The van der Waals surface area contributed by atoms with Crippen LogP contribution in [0.15, 0.2) is 45.7 Å². The SMILES string of the molecule is CC(=O)NS(=O)(=O)c1ccc(-c2ccc(C=O)o2)cc1. The van der Waals surface area contributed by atoms with Crippen molar-refractivity contribution in [2.45, 2.75) is 11.8 Å². The highest BCUT2D eigenvalue weighted by Gasteiger charge is 2.15. The van der Waals surface area contributed by atoms with Crippen LogP contribution in [-0.4, -0.2) is 20.6 Å². The van der Waals surface area contributed by atoms with Crippen LogP contribution in [0.3, 0.4) is 0 Å². The zero-order chi connectivity index (χ0) is 14.8. The van der Waals surface area contributed by atoms with Crippen molar-refractivity contribution in [1.82, 2.24) is 4.72 Å². The van der Waals surface area contributed by atoms with Gasteiger partial charge in [-0.05, 0) is 36.4 Å². The zero-order valence-electron chi connectivity index (χ0n) is 10.5. The quantitative estimate of drug-likeness (QED) is 0.864. The fourth-order valence-corrected chi connectivity index (χ4v) is 2.61. The van der Waals surface area contributed by atoms with Crippen LogP contribution in [0, 0.1) is 0 Å². The van der Waals surface area contributed by atoms with Gasteiger partial charge in [0.1, 0.15) is 5.76 Å². The Morgan fingerprint density at radius 2 is 1.80 bits per heavy atom. The molecule has 1 aromatic heterocycles. The zero-order valence-corrected chi connectivity index (χ0v) is 11.3. The lowest BCUT2D eigenvalue weighted by molar-refractivity contribution is -0.117. The summed E-state index contributed by atoms with van der Waals surface area (Å²) in [7, 11) is -3.84. The molecule has 0 spiro atoms. The number of amides is 1. The van der Waals surface area contributed by atoms with Gasteiger partial charge < -0.3 is 4.42 Å². The Balaban J connectivity index is 2.30. The van der Waals surface area contributed by atoms with E-state index < -0.39 is 15.9 Å². The molecule has 0 radical (unpaired) electrons. The topological polar surface area (TPSA) is 93.5 Å². The lowest BCUT2D eigenvalue weighted by Gasteiger charge is -2.05. The van der Waals surface area contributed by atoms with Gasteiger partial charge in [-0.15, -0.1) is 0 Å². The summed E-state index contributed by atoms with van der Waals surface area (Å²) in [6, 6.07) is 8.89. The molecule has 6 nitrogen and oxygen atoms in total. The van der Waals surface area contributed by atoms with Crippen molar-refractivity contribution in [2.75, 3.05) is 0 Å². The normalized spacial score (nSPS) is 11.1. The molecule has 0 saturated heterocycles. The summed E-state index contributed by atoms with van der Waals surface area (Å²) in [6.07, 6.45) is 0.582. The highest BCUT2D eigenvalue weighted by atomic mass is 32.2. The molecule has 0 aliphatic rings. The Labute approximate surface area is 115 Å². The van der Waals surface area contributed by atoms with Crippen molar-refractivity contribution in [3.8, 4) is 11.3 Å². The van der Waals surface area contributed by atoms with Crippen molar-refractivity contribution in [1.29, 1.82) is 0 Å². The number of hydrogen-bond acceptors (Lipinski definition) is 5. The predicted octanol–water partition coefficient (Wildman–Crippen LogP) is 1.58. The first kappa shape index (κ1) is 14.0. The number of carbonyl (C=O) groups is 2. The number of benzene rings is 1. The summed E-state index contributed by atoms with van der Waals surface area (Å²) in [6.45, 7) is 1.12. The summed E-state index contributed by atoms with van der Waals surface area (Å²) < 4.78 is 30.6. The van der Waals surface area contributed by atoms with Crippen LogP contribution in [0.25, 0.3) is 11.3 Å². The Morgan fingerprint density at radius 3 is 2.30 bits per heavy atom. The van der Waals surface area contributed by atoms with Crippen molar-refractivity contribution < 1.29 is 22.4 Å². The van der Waals surface area contributed by atoms with Gasteiger partial charge in [0.15, 0.2) is 12.0 Å². The van der Waals surface area contributed by atoms with Gasteiger partial charge in [0.2, 0.25) is 5.91 Å². The third-order valence-electron chi connectivity index (χ3n) is 2.47. The summed E-state index contributed by atoms with van der Waals surface area (Å²) >= 11 is 0. The molecule has 1 amide bonds. The molecule has 1 heterocycles. The van der Waals surface area contributed by atoms with Crippen molar-refractivity contribution in [3.05, 3.63) is 42.2 Å². The van der Waals surface area contributed by atoms with E-state index in [2.05, 4.69) is 0 Å². The third-order valence-corrected chi connectivity index (χ3v) is 3.92. The van der Waals surface area contributed by atoms with Crippen LogP contribution in [0.2, 0.25) is 0 Å². The number of sulfonamides is 1. The first-order chi connectivity index (χ1) is 9.42. The molecule has 2 rings (SSSR count). The molecule has 0 fully saturated rings. The fourth-order valence-electron chi connectivity index (χ4n) is 1.62. The summed E-state index contributed by atoms with van der Waals surface area (Å²) in [4.78, 5) is 21.3. The second kappa shape index (κ2) is 5.30. The van der Waals surface area contributed by atoms with Crippen molar-refractivity contribution in [3.63, 3.8) is 0 Å². The second-order valence-electron chi connectivity index (χ2n) is 4.01. The van der Waals surface area contributed by atoms with E-state index in [1.807, 2.05) is 4.72 Å². The minimum absolute atomic E-state index is 0.0291. The van der Waals surface area contributed by atoms with Gasteiger partial charge in [-0.3, -0.25) is 9.59 Å². The molecule has 0 saturated carbocycles. The van der Waals surface area contributed by atoms with Crippen LogP contribution in [0.5, 0.6) is 0 Å². The van der Waals surface area contributed by atoms with Crippen LogP contribution < -0.4 is 4.72 Å². The minimum atomic E-state index is -3.84. The highest BCUT2D eigenvalue weighted by Crippen LogP contribution is 2.23. The molecule has 0 atom stereocenters. The second-order valence-corrected chi connectivity index (χ2v) is 5.69. The third kappa shape index (κ3) is 2.94. The van der Waals surface area contributed by atoms with E-state index in [0.717, 1.165) is 6.92 Å². The van der Waals surface area contributed by atoms with E-state index in [9.17, 15) is 18.0 Å². The van der Waals surface area contributed by atoms with E-state index >= 15 is 0 Å². The number of rotatable bonds is 4. The Kier molecular flexibility index (Phi) is 3.71. The standard InChI is InChI=1S/C13H11NO5S/c1-9(16)14-20(17,18)12-5-2-10(3-6-12)13-7-4-11(8-15)19-13/h2-8H,1H3,(H,14,16). The van der Waals surface area contributed by atoms with Gasteiger partial charge in [0.25, 0.3) is 10.0 Å². The lowest BCUT2D eigenvalue weighted by Crippen LogP contribution is -2.28. The van der Waals surface area contributed by atoms with Gasteiger partial charge in [-0.2, -0.15) is 0 Å². The fraction of sp³-hybridized carbons (Fsp3) is 0.0769. The van der Waals surface area contributed by atoms with Crippen molar-refractivity contribution >= 4 is 22.2 Å². The van der Waals surface area contributed by atoms with E-state index in [4.69, 9.17) is 4.42 Å². The van der Waals surface area contributed by atoms with Crippen LogP contribution in [0.1, 0.15) is 17.5 Å². The molecule has 0 aliphatic carbocycles. The molecule has 7 heteroatoms. The first-order valence-corrected chi connectivity index (χ1v) is 7.09. The maximum Gasteiger partial charge on any atom is 0.264 e. The van der Waals surface area contributed by atoms with Crippen molar-refractivity contribution in [2.24, 2.45) is 0 Å². The van der Waals surface area contributed by atoms with E-state index in [1.165, 1.54) is 30.3 Å². The summed E-state index contributed by atoms with van der Waals surface area (Å²) in [5.74, 6) is -0.0127. The van der Waals surface area contributed by atoms with Crippen LogP contribution in [-0.2, 0) is 14.8 Å². The number of aldehydes is 1. The van der Waals surface area contributed by atoms with Crippen LogP contribution >= 0.6 is 0 Å². The Morgan fingerprint density at radius 1 is 1.15 bits per heavy atom. The smallest absolute Gasteiger partial charge is 0.264 e. The molecule has 1 aromatic carbocycles. The van der Waals surface area contributed by atoms with Gasteiger partial charge >= 0.3 is 0 Å². The molecule has 2 aromatic rings. The molecule has 104 valence electrons. The minimum Gasteiger partial charge on any atom is -0.453 e. The van der Waals surface area contributed by atoms with Gasteiger partial charge in [-0.1, -0.05) is 0 Å². The maximum absolute atomic E-state index is 11.7. The molecular weight excluding hydrogens is 282 g/mol. The summed E-state index contributed by atoms with van der Waals surface area (Å²) in [5.41, 5.74) is 0.625. The number of nitrogens with one attached hydrogen (secondary N) is 1.